The van der Waals surface area contributed by atoms with Gasteiger partial charge in [-0.1, -0.05) is 37.5 Å². The first-order chi connectivity index (χ1) is 13.5. The van der Waals surface area contributed by atoms with Gasteiger partial charge in [0.2, 0.25) is 0 Å². The minimum Gasteiger partial charge on any atom is -0.349 e. The van der Waals surface area contributed by atoms with Gasteiger partial charge < -0.3 is 5.32 Å². The molecule has 0 saturated heterocycles. The van der Waals surface area contributed by atoms with Crippen LogP contribution in [-0.2, 0) is 10.0 Å². The highest BCUT2D eigenvalue weighted by Gasteiger charge is 2.24. The van der Waals surface area contributed by atoms with Crippen molar-refractivity contribution in [2.24, 2.45) is 0 Å². The largest absolute Gasteiger partial charge is 0.349 e. The van der Waals surface area contributed by atoms with Crippen molar-refractivity contribution in [1.82, 2.24) is 5.32 Å². The van der Waals surface area contributed by atoms with Gasteiger partial charge in [-0.05, 0) is 67.5 Å². The molecule has 6 heteroatoms. The van der Waals surface area contributed by atoms with Gasteiger partial charge in [0.1, 0.15) is 0 Å². The average molecular weight is 399 g/mol. The lowest BCUT2D eigenvalue weighted by Crippen LogP contribution is -2.25. The zero-order valence-corrected chi connectivity index (χ0v) is 16.7. The summed E-state index contributed by atoms with van der Waals surface area (Å²) in [5.74, 6) is 0.375. The zero-order valence-electron chi connectivity index (χ0n) is 15.9. The summed E-state index contributed by atoms with van der Waals surface area (Å²) in [6.45, 7) is 0. The molecule has 148 valence electrons. The molecule has 0 aliphatic heterocycles. The van der Waals surface area contributed by atoms with Gasteiger partial charge in [0.05, 0.1) is 4.90 Å². The van der Waals surface area contributed by atoms with Gasteiger partial charge >= 0.3 is 0 Å². The third kappa shape index (κ3) is 4.55. The number of sulfonamides is 1. The fourth-order valence-electron chi connectivity index (χ4n) is 3.79. The zero-order chi connectivity index (χ0) is 19.6. The molecule has 0 unspecified atom stereocenters. The van der Waals surface area contributed by atoms with E-state index in [1.54, 1.807) is 36.4 Å². The normalized spacial score (nSPS) is 17.9. The number of hydrogen-bond acceptors (Lipinski definition) is 3. The molecule has 0 atom stereocenters. The number of carbonyl (C=O) groups excluding carboxylic acids is 1. The molecule has 0 bridgehead atoms. The van der Waals surface area contributed by atoms with Gasteiger partial charge in [-0.15, -0.1) is 0 Å². The minimum absolute atomic E-state index is 0.166. The molecule has 28 heavy (non-hydrogen) atoms. The highest BCUT2D eigenvalue weighted by atomic mass is 32.2. The third-order valence-corrected chi connectivity index (χ3v) is 6.95. The second-order valence-corrected chi connectivity index (χ2v) is 9.52. The monoisotopic (exact) mass is 398 g/mol. The number of carbonyl (C=O) groups is 1. The van der Waals surface area contributed by atoms with Crippen LogP contribution in [0, 0.1) is 0 Å². The summed E-state index contributed by atoms with van der Waals surface area (Å²) < 4.78 is 28.1. The predicted molar refractivity (Wildman–Crippen MR) is 110 cm³/mol. The molecular formula is C22H26N2O3S. The topological polar surface area (TPSA) is 75.3 Å². The third-order valence-electron chi connectivity index (χ3n) is 5.56. The Morgan fingerprint density at radius 1 is 0.893 bits per heavy atom. The lowest BCUT2D eigenvalue weighted by molar-refractivity contribution is 0.0951. The van der Waals surface area contributed by atoms with Crippen molar-refractivity contribution in [3.05, 3.63) is 59.7 Å². The number of rotatable bonds is 6. The highest BCUT2D eigenvalue weighted by Crippen LogP contribution is 2.33. The molecule has 2 N–H and O–H groups in total. The van der Waals surface area contributed by atoms with E-state index in [0.29, 0.717) is 17.2 Å². The van der Waals surface area contributed by atoms with Gasteiger partial charge in [-0.3, -0.25) is 9.52 Å². The number of benzene rings is 2. The van der Waals surface area contributed by atoms with Crippen LogP contribution in [0.3, 0.4) is 0 Å². The smallest absolute Gasteiger partial charge is 0.261 e. The van der Waals surface area contributed by atoms with Crippen LogP contribution >= 0.6 is 0 Å². The second-order valence-electron chi connectivity index (χ2n) is 7.84. The standard InChI is InChI=1S/C22H26N2O3S/c25-22(23-19-11-12-19)18-7-4-8-20(15-18)24-28(26,27)21-13-9-17(10-14-21)16-5-2-1-3-6-16/h4,7-10,13-16,19,24H,1-3,5-6,11-12H2,(H,23,25). The predicted octanol–water partition coefficient (Wildman–Crippen LogP) is 4.43. The van der Waals surface area contributed by atoms with Crippen LogP contribution in [0.4, 0.5) is 5.69 Å². The summed E-state index contributed by atoms with van der Waals surface area (Å²) in [6, 6.07) is 14.1. The van der Waals surface area contributed by atoms with Gasteiger partial charge in [-0.2, -0.15) is 0 Å². The van der Waals surface area contributed by atoms with Gasteiger partial charge in [0.15, 0.2) is 0 Å². The fourth-order valence-corrected chi connectivity index (χ4v) is 4.84. The van der Waals surface area contributed by atoms with E-state index in [0.717, 1.165) is 12.8 Å². The van der Waals surface area contributed by atoms with Gasteiger partial charge in [-0.25, -0.2) is 8.42 Å². The fraction of sp³-hybridized carbons (Fsp3) is 0.409. The van der Waals surface area contributed by atoms with E-state index in [9.17, 15) is 13.2 Å². The Labute approximate surface area is 166 Å². The molecule has 2 fully saturated rings. The van der Waals surface area contributed by atoms with E-state index < -0.39 is 10.0 Å². The SMILES string of the molecule is O=C(NC1CC1)c1cccc(NS(=O)(=O)c2ccc(C3CCCCC3)cc2)c1. The first kappa shape index (κ1) is 19.0. The van der Waals surface area contributed by atoms with E-state index in [4.69, 9.17) is 0 Å². The highest BCUT2D eigenvalue weighted by molar-refractivity contribution is 7.92. The summed E-state index contributed by atoms with van der Waals surface area (Å²) >= 11 is 0. The van der Waals surface area contributed by atoms with Crippen LogP contribution in [0.15, 0.2) is 53.4 Å². The molecule has 2 aliphatic rings. The molecule has 0 spiro atoms. The van der Waals surface area contributed by atoms with Crippen LogP contribution in [-0.4, -0.2) is 20.4 Å². The van der Waals surface area contributed by atoms with Gasteiger partial charge in [0.25, 0.3) is 15.9 Å². The maximum atomic E-state index is 12.7. The lowest BCUT2D eigenvalue weighted by atomic mass is 9.84. The van der Waals surface area contributed by atoms with Crippen molar-refractivity contribution in [3.63, 3.8) is 0 Å². The first-order valence-electron chi connectivity index (χ1n) is 10.0. The lowest BCUT2D eigenvalue weighted by Gasteiger charge is -2.22. The van der Waals surface area contributed by atoms with Gasteiger partial charge in [0, 0.05) is 17.3 Å². The quantitative estimate of drug-likeness (QED) is 0.756. The molecular weight excluding hydrogens is 372 g/mol. The van der Waals surface area contributed by atoms with Crippen LogP contribution in [0.5, 0.6) is 0 Å². The molecule has 0 radical (unpaired) electrons. The first-order valence-corrected chi connectivity index (χ1v) is 11.5. The summed E-state index contributed by atoms with van der Waals surface area (Å²) in [7, 11) is -3.70. The molecule has 2 aromatic carbocycles. The van der Waals surface area contributed by atoms with Crippen molar-refractivity contribution >= 4 is 21.6 Å². The Morgan fingerprint density at radius 3 is 2.29 bits per heavy atom. The average Bonchev–Trinajstić information content (AvgIpc) is 3.53. The summed E-state index contributed by atoms with van der Waals surface area (Å²) in [4.78, 5) is 12.4. The Kier molecular flexibility index (Phi) is 5.40. The molecule has 2 aromatic rings. The Bertz CT molecular complexity index is 944. The molecule has 2 aliphatic carbocycles. The van der Waals surface area contributed by atoms with Crippen molar-refractivity contribution in [2.45, 2.75) is 61.8 Å². The molecule has 2 saturated carbocycles. The van der Waals surface area contributed by atoms with E-state index in [2.05, 4.69) is 10.0 Å². The summed E-state index contributed by atoms with van der Waals surface area (Å²) in [6.07, 6.45) is 8.17. The van der Waals surface area contributed by atoms with Crippen molar-refractivity contribution in [1.29, 1.82) is 0 Å². The molecule has 0 aromatic heterocycles. The van der Waals surface area contributed by atoms with E-state index in [1.165, 1.54) is 37.7 Å². The van der Waals surface area contributed by atoms with E-state index in [-0.39, 0.29) is 16.8 Å². The molecule has 4 rings (SSSR count). The Hall–Kier alpha value is -2.34. The summed E-state index contributed by atoms with van der Waals surface area (Å²) in [5, 5.41) is 2.91. The molecule has 5 nitrogen and oxygen atoms in total. The second kappa shape index (κ2) is 7.95. The van der Waals surface area contributed by atoms with Crippen LogP contribution in [0.1, 0.15) is 66.8 Å². The molecule has 0 heterocycles. The van der Waals surface area contributed by atoms with E-state index in [1.807, 2.05) is 12.1 Å². The van der Waals surface area contributed by atoms with Crippen molar-refractivity contribution < 1.29 is 13.2 Å². The Balaban J connectivity index is 1.47. The minimum atomic E-state index is -3.70. The summed E-state index contributed by atoms with van der Waals surface area (Å²) in [5.41, 5.74) is 2.07. The van der Waals surface area contributed by atoms with Crippen molar-refractivity contribution in [3.8, 4) is 0 Å². The van der Waals surface area contributed by atoms with Crippen molar-refractivity contribution in [2.75, 3.05) is 4.72 Å². The maximum absolute atomic E-state index is 12.7. The van der Waals surface area contributed by atoms with Crippen LogP contribution < -0.4 is 10.0 Å². The van der Waals surface area contributed by atoms with E-state index >= 15 is 0 Å². The van der Waals surface area contributed by atoms with Crippen LogP contribution in [0.2, 0.25) is 0 Å². The number of nitrogens with one attached hydrogen (secondary N) is 2. The molecule has 1 amide bonds. The number of hydrogen-bond donors (Lipinski definition) is 2. The van der Waals surface area contributed by atoms with Crippen LogP contribution in [0.25, 0.3) is 0 Å². The maximum Gasteiger partial charge on any atom is 0.261 e. The number of anilines is 1. The number of amides is 1. The Morgan fingerprint density at radius 2 is 1.61 bits per heavy atom.